The van der Waals surface area contributed by atoms with Gasteiger partial charge in [-0.2, -0.15) is 13.2 Å². The molecular weight excluding hydrogens is 427 g/mol. The first kappa shape index (κ1) is 15.9. The first-order chi connectivity index (χ1) is 10.8. The summed E-state index contributed by atoms with van der Waals surface area (Å²) in [5, 5.41) is 0.0641. The third kappa shape index (κ3) is 2.94. The SMILES string of the molecule is O=c1c2cc(I)ccc2nc(C(F)(F)F)n1-c1ccc(F)cc1. The minimum atomic E-state index is -4.83. The topological polar surface area (TPSA) is 34.9 Å². The summed E-state index contributed by atoms with van der Waals surface area (Å²) < 4.78 is 54.1. The fourth-order valence-corrected chi connectivity index (χ4v) is 2.67. The Morgan fingerprint density at radius 1 is 1.04 bits per heavy atom. The van der Waals surface area contributed by atoms with Gasteiger partial charge in [-0.25, -0.2) is 9.37 Å². The van der Waals surface area contributed by atoms with E-state index < -0.39 is 23.4 Å². The summed E-state index contributed by atoms with van der Waals surface area (Å²) in [6, 6.07) is 8.58. The second-order valence-electron chi connectivity index (χ2n) is 4.71. The van der Waals surface area contributed by atoms with Crippen molar-refractivity contribution in [2.24, 2.45) is 0 Å². The molecule has 118 valence electrons. The van der Waals surface area contributed by atoms with Gasteiger partial charge in [0.05, 0.1) is 16.6 Å². The predicted molar refractivity (Wildman–Crippen MR) is 85.0 cm³/mol. The van der Waals surface area contributed by atoms with E-state index in [1.165, 1.54) is 12.1 Å². The molecule has 0 spiro atoms. The Kier molecular flexibility index (Phi) is 3.86. The summed E-state index contributed by atoms with van der Waals surface area (Å²) >= 11 is 1.95. The first-order valence-corrected chi connectivity index (χ1v) is 7.41. The van der Waals surface area contributed by atoms with Crippen LogP contribution in [0.2, 0.25) is 0 Å². The fourth-order valence-electron chi connectivity index (χ4n) is 2.18. The lowest BCUT2D eigenvalue weighted by Gasteiger charge is -2.15. The average Bonchev–Trinajstić information content (AvgIpc) is 2.48. The van der Waals surface area contributed by atoms with Crippen LogP contribution in [0.25, 0.3) is 16.6 Å². The van der Waals surface area contributed by atoms with Crippen molar-refractivity contribution in [2.75, 3.05) is 0 Å². The van der Waals surface area contributed by atoms with Crippen molar-refractivity contribution in [1.29, 1.82) is 0 Å². The van der Waals surface area contributed by atoms with Crippen molar-refractivity contribution in [3.63, 3.8) is 0 Å². The van der Waals surface area contributed by atoms with Crippen LogP contribution in [-0.2, 0) is 6.18 Å². The molecule has 3 rings (SSSR count). The highest BCUT2D eigenvalue weighted by atomic mass is 127. The lowest BCUT2D eigenvalue weighted by Crippen LogP contribution is -2.28. The number of aromatic nitrogens is 2. The van der Waals surface area contributed by atoms with E-state index in [0.717, 1.165) is 24.3 Å². The van der Waals surface area contributed by atoms with Gasteiger partial charge in [-0.3, -0.25) is 9.36 Å². The lowest BCUT2D eigenvalue weighted by atomic mass is 10.2. The molecule has 1 aromatic heterocycles. The molecule has 0 saturated carbocycles. The maximum Gasteiger partial charge on any atom is 0.450 e. The summed E-state index contributed by atoms with van der Waals surface area (Å²) in [5.41, 5.74) is -0.995. The van der Waals surface area contributed by atoms with E-state index in [-0.39, 0.29) is 16.6 Å². The van der Waals surface area contributed by atoms with Crippen LogP contribution in [0.1, 0.15) is 5.82 Å². The Labute approximate surface area is 140 Å². The summed E-state index contributed by atoms with van der Waals surface area (Å²) in [7, 11) is 0. The van der Waals surface area contributed by atoms with Gasteiger partial charge in [-0.05, 0) is 65.1 Å². The van der Waals surface area contributed by atoms with E-state index in [2.05, 4.69) is 4.98 Å². The van der Waals surface area contributed by atoms with E-state index in [1.807, 2.05) is 22.6 Å². The number of benzene rings is 2. The maximum absolute atomic E-state index is 13.3. The Morgan fingerprint density at radius 3 is 2.30 bits per heavy atom. The second kappa shape index (κ2) is 5.59. The van der Waals surface area contributed by atoms with Crippen molar-refractivity contribution in [1.82, 2.24) is 9.55 Å². The largest absolute Gasteiger partial charge is 0.450 e. The van der Waals surface area contributed by atoms with Gasteiger partial charge in [0.2, 0.25) is 5.82 Å². The molecule has 0 aliphatic heterocycles. The van der Waals surface area contributed by atoms with Crippen molar-refractivity contribution >= 4 is 33.5 Å². The zero-order valence-corrected chi connectivity index (χ0v) is 13.4. The molecule has 2 aromatic carbocycles. The van der Waals surface area contributed by atoms with Crippen molar-refractivity contribution in [3.8, 4) is 5.69 Å². The minimum Gasteiger partial charge on any atom is -0.268 e. The summed E-state index contributed by atoms with van der Waals surface area (Å²) in [5.74, 6) is -1.96. The number of rotatable bonds is 1. The van der Waals surface area contributed by atoms with Crippen LogP contribution in [0.4, 0.5) is 17.6 Å². The zero-order valence-electron chi connectivity index (χ0n) is 11.2. The van der Waals surface area contributed by atoms with Gasteiger partial charge in [-0.15, -0.1) is 0 Å². The first-order valence-electron chi connectivity index (χ1n) is 6.33. The van der Waals surface area contributed by atoms with Crippen LogP contribution in [0, 0.1) is 9.39 Å². The van der Waals surface area contributed by atoms with Gasteiger partial charge in [0, 0.05) is 3.57 Å². The molecule has 0 unspecified atom stereocenters. The molecule has 0 aliphatic rings. The molecule has 0 atom stereocenters. The van der Waals surface area contributed by atoms with Gasteiger partial charge in [0.15, 0.2) is 0 Å². The maximum atomic E-state index is 13.3. The normalized spacial score (nSPS) is 11.9. The second-order valence-corrected chi connectivity index (χ2v) is 5.96. The van der Waals surface area contributed by atoms with Crippen molar-refractivity contribution in [2.45, 2.75) is 6.18 Å². The third-order valence-corrected chi connectivity index (χ3v) is 3.84. The van der Waals surface area contributed by atoms with Crippen LogP contribution < -0.4 is 5.56 Å². The minimum absolute atomic E-state index is 0.0406. The highest BCUT2D eigenvalue weighted by Crippen LogP contribution is 2.30. The van der Waals surface area contributed by atoms with Gasteiger partial charge in [-0.1, -0.05) is 0 Å². The number of hydrogen-bond acceptors (Lipinski definition) is 2. The molecule has 8 heteroatoms. The van der Waals surface area contributed by atoms with Crippen LogP contribution >= 0.6 is 22.6 Å². The van der Waals surface area contributed by atoms with E-state index in [0.29, 0.717) is 8.14 Å². The number of fused-ring (bicyclic) bond motifs is 1. The fraction of sp³-hybridized carbons (Fsp3) is 0.0667. The Balaban J connectivity index is 2.44. The molecule has 1 heterocycles. The van der Waals surface area contributed by atoms with Crippen LogP contribution in [0.5, 0.6) is 0 Å². The average molecular weight is 434 g/mol. The number of alkyl halides is 3. The number of nitrogens with zero attached hydrogens (tertiary/aromatic N) is 2. The van der Waals surface area contributed by atoms with E-state index in [1.54, 1.807) is 6.07 Å². The van der Waals surface area contributed by atoms with Gasteiger partial charge < -0.3 is 0 Å². The molecule has 3 nitrogen and oxygen atoms in total. The quantitative estimate of drug-likeness (QED) is 0.426. The van der Waals surface area contributed by atoms with Crippen LogP contribution in [0.3, 0.4) is 0 Å². The van der Waals surface area contributed by atoms with Crippen molar-refractivity contribution in [3.05, 3.63) is 68.0 Å². The molecule has 23 heavy (non-hydrogen) atoms. The van der Waals surface area contributed by atoms with E-state index in [9.17, 15) is 22.4 Å². The summed E-state index contributed by atoms with van der Waals surface area (Å²) in [6.45, 7) is 0. The third-order valence-electron chi connectivity index (χ3n) is 3.17. The number of halogens is 5. The van der Waals surface area contributed by atoms with Crippen LogP contribution in [-0.4, -0.2) is 9.55 Å². The predicted octanol–water partition coefficient (Wildman–Crippen LogP) is 4.15. The molecule has 3 aromatic rings. The highest BCUT2D eigenvalue weighted by molar-refractivity contribution is 14.1. The molecule has 0 saturated heterocycles. The molecule has 0 fully saturated rings. The monoisotopic (exact) mass is 434 g/mol. The van der Waals surface area contributed by atoms with Gasteiger partial charge >= 0.3 is 6.18 Å². The van der Waals surface area contributed by atoms with E-state index in [4.69, 9.17) is 0 Å². The lowest BCUT2D eigenvalue weighted by molar-refractivity contribution is -0.146. The molecule has 0 N–H and O–H groups in total. The Bertz CT molecular complexity index is 949. The standard InChI is InChI=1S/C15H7F4IN2O/c16-8-1-4-10(5-2-8)22-13(23)11-7-9(20)3-6-12(11)21-14(22)15(17,18)19/h1-7H. The summed E-state index contributed by atoms with van der Waals surface area (Å²) in [4.78, 5) is 16.1. The van der Waals surface area contributed by atoms with Crippen molar-refractivity contribution < 1.29 is 17.6 Å². The van der Waals surface area contributed by atoms with Gasteiger partial charge in [0.25, 0.3) is 5.56 Å². The molecule has 0 bridgehead atoms. The molecule has 0 aliphatic carbocycles. The molecule has 0 radical (unpaired) electrons. The van der Waals surface area contributed by atoms with Crippen LogP contribution in [0.15, 0.2) is 47.3 Å². The van der Waals surface area contributed by atoms with Gasteiger partial charge in [0.1, 0.15) is 5.82 Å². The Morgan fingerprint density at radius 2 is 1.70 bits per heavy atom. The Hall–Kier alpha value is -1.97. The molecular formula is C15H7F4IN2O. The number of hydrogen-bond donors (Lipinski definition) is 0. The smallest absolute Gasteiger partial charge is 0.268 e. The highest BCUT2D eigenvalue weighted by Gasteiger charge is 2.37. The summed E-state index contributed by atoms with van der Waals surface area (Å²) in [6.07, 6.45) is -4.83. The molecule has 0 amide bonds. The van der Waals surface area contributed by atoms with E-state index >= 15 is 0 Å². The zero-order chi connectivity index (χ0) is 16.8.